The molecule has 0 radical (unpaired) electrons. The smallest absolute Gasteiger partial charge is 0.166 e. The Kier molecular flexibility index (Phi) is 4.33. The van der Waals surface area contributed by atoms with Gasteiger partial charge in [-0.15, -0.1) is 0 Å². The van der Waals surface area contributed by atoms with Crippen LogP contribution in [0.25, 0.3) is 0 Å². The lowest BCUT2D eigenvalue weighted by Crippen LogP contribution is -2.02. The molecule has 84 valence electrons. The minimum atomic E-state index is -0.627. The molecule has 1 rings (SSSR count). The van der Waals surface area contributed by atoms with E-state index in [0.717, 1.165) is 5.56 Å². The van der Waals surface area contributed by atoms with Crippen molar-refractivity contribution in [3.05, 3.63) is 23.3 Å². The quantitative estimate of drug-likeness (QED) is 0.757. The maximum atomic E-state index is 12.7. The van der Waals surface area contributed by atoms with Crippen LogP contribution in [0.15, 0.2) is 12.1 Å². The van der Waals surface area contributed by atoms with Gasteiger partial charge in [-0.1, -0.05) is 0 Å². The summed E-state index contributed by atoms with van der Waals surface area (Å²) in [4.78, 5) is 4.48. The molecule has 0 aliphatic carbocycles. The number of rotatable bonds is 5. The highest BCUT2D eigenvalue weighted by atomic mass is 19.1. The van der Waals surface area contributed by atoms with Crippen molar-refractivity contribution < 1.29 is 18.7 Å². The molecule has 1 aromatic carbocycles. The van der Waals surface area contributed by atoms with Gasteiger partial charge in [0.15, 0.2) is 11.5 Å². The van der Waals surface area contributed by atoms with Gasteiger partial charge in [0.25, 0.3) is 0 Å². The van der Waals surface area contributed by atoms with E-state index in [-0.39, 0.29) is 6.61 Å². The van der Waals surface area contributed by atoms with Gasteiger partial charge in [-0.3, -0.25) is 4.84 Å². The second-order valence-corrected chi connectivity index (χ2v) is 2.94. The van der Waals surface area contributed by atoms with Crippen LogP contribution in [-0.2, 0) is 18.1 Å². The van der Waals surface area contributed by atoms with Crippen molar-refractivity contribution in [1.29, 1.82) is 0 Å². The third-order valence-electron chi connectivity index (χ3n) is 2.01. The molecule has 0 aliphatic rings. The fraction of sp³-hybridized carbons (Fsp3) is 0.400. The first-order chi connectivity index (χ1) is 7.26. The minimum Gasteiger partial charge on any atom is -0.493 e. The molecule has 0 saturated carbocycles. The molecule has 0 unspecified atom stereocenters. The van der Waals surface area contributed by atoms with Gasteiger partial charge >= 0.3 is 0 Å². The van der Waals surface area contributed by atoms with Crippen LogP contribution in [0, 0.1) is 0 Å². The van der Waals surface area contributed by atoms with Crippen LogP contribution in [0.5, 0.6) is 11.5 Å². The maximum Gasteiger partial charge on any atom is 0.166 e. The number of alkyl halides is 1. The second-order valence-electron chi connectivity index (χ2n) is 2.94. The summed E-state index contributed by atoms with van der Waals surface area (Å²) in [5, 5.41) is 0. The molecular weight excluding hydrogens is 201 g/mol. The van der Waals surface area contributed by atoms with Crippen molar-refractivity contribution >= 4 is 0 Å². The number of halogens is 1. The highest BCUT2D eigenvalue weighted by Gasteiger charge is 2.12. The summed E-state index contributed by atoms with van der Waals surface area (Å²) < 4.78 is 22.8. The Bertz CT molecular complexity index is 305. The number of hydrogen-bond acceptors (Lipinski definition) is 4. The summed E-state index contributed by atoms with van der Waals surface area (Å²) in [6.45, 7) is -0.425. The first kappa shape index (κ1) is 11.7. The molecule has 0 heterocycles. The molecule has 0 bridgehead atoms. The number of hydrogen-bond donors (Lipinski definition) is 1. The van der Waals surface area contributed by atoms with E-state index in [2.05, 4.69) is 4.84 Å². The van der Waals surface area contributed by atoms with Crippen LogP contribution in [0.4, 0.5) is 4.39 Å². The molecule has 0 aromatic heterocycles. The predicted molar refractivity (Wildman–Crippen MR) is 53.3 cm³/mol. The van der Waals surface area contributed by atoms with Crippen molar-refractivity contribution in [3.63, 3.8) is 0 Å². The van der Waals surface area contributed by atoms with E-state index in [4.69, 9.17) is 15.4 Å². The summed E-state index contributed by atoms with van der Waals surface area (Å²) in [5.74, 6) is 5.82. The predicted octanol–water partition coefficient (Wildman–Crippen LogP) is 1.56. The number of benzene rings is 1. The molecule has 0 aliphatic heterocycles. The van der Waals surface area contributed by atoms with Gasteiger partial charge in [-0.25, -0.2) is 10.3 Å². The van der Waals surface area contributed by atoms with E-state index in [1.54, 1.807) is 12.1 Å². The van der Waals surface area contributed by atoms with Gasteiger partial charge in [0.2, 0.25) is 0 Å². The van der Waals surface area contributed by atoms with Crippen LogP contribution in [-0.4, -0.2) is 14.2 Å². The molecule has 0 amide bonds. The molecule has 0 fully saturated rings. The van der Waals surface area contributed by atoms with Crippen LogP contribution >= 0.6 is 0 Å². The summed E-state index contributed by atoms with van der Waals surface area (Å²) >= 11 is 0. The van der Waals surface area contributed by atoms with Crippen molar-refractivity contribution in [2.45, 2.75) is 13.3 Å². The second kappa shape index (κ2) is 5.53. The fourth-order valence-electron chi connectivity index (χ4n) is 1.39. The van der Waals surface area contributed by atoms with Crippen LogP contribution in [0.2, 0.25) is 0 Å². The Morgan fingerprint density at radius 1 is 1.27 bits per heavy atom. The van der Waals surface area contributed by atoms with E-state index in [1.807, 2.05) is 0 Å². The molecule has 0 spiro atoms. The number of methoxy groups -OCH3 is 2. The molecule has 5 heteroatoms. The van der Waals surface area contributed by atoms with Gasteiger partial charge in [-0.05, 0) is 17.7 Å². The maximum absolute atomic E-state index is 12.7. The molecule has 1 aromatic rings. The van der Waals surface area contributed by atoms with Gasteiger partial charge in [0, 0.05) is 5.56 Å². The fourth-order valence-corrected chi connectivity index (χ4v) is 1.39. The third-order valence-corrected chi connectivity index (χ3v) is 2.01. The average molecular weight is 215 g/mol. The summed E-state index contributed by atoms with van der Waals surface area (Å²) in [7, 11) is 2.96. The van der Waals surface area contributed by atoms with Crippen molar-refractivity contribution in [2.24, 2.45) is 5.90 Å². The Morgan fingerprint density at radius 2 is 2.00 bits per heavy atom. The van der Waals surface area contributed by atoms with Crippen molar-refractivity contribution in [2.75, 3.05) is 14.2 Å². The standard InChI is InChI=1S/C10H14FNO3/c1-13-9-4-7(6-15-12)3-8(5-11)10(9)14-2/h3-4H,5-6,12H2,1-2H3. The first-order valence-electron chi connectivity index (χ1n) is 4.38. The molecule has 0 atom stereocenters. The Labute approximate surface area is 87.7 Å². The largest absolute Gasteiger partial charge is 0.493 e. The van der Waals surface area contributed by atoms with E-state index in [0.29, 0.717) is 17.1 Å². The van der Waals surface area contributed by atoms with Crippen molar-refractivity contribution in [3.8, 4) is 11.5 Å². The molecule has 0 saturated heterocycles. The van der Waals surface area contributed by atoms with E-state index < -0.39 is 6.67 Å². The molecule has 2 N–H and O–H groups in total. The van der Waals surface area contributed by atoms with Gasteiger partial charge in [0.1, 0.15) is 6.67 Å². The van der Waals surface area contributed by atoms with E-state index >= 15 is 0 Å². The van der Waals surface area contributed by atoms with E-state index in [9.17, 15) is 4.39 Å². The topological polar surface area (TPSA) is 53.7 Å². The Hall–Kier alpha value is -1.33. The minimum absolute atomic E-state index is 0.202. The van der Waals surface area contributed by atoms with Gasteiger partial charge in [-0.2, -0.15) is 0 Å². The lowest BCUT2D eigenvalue weighted by molar-refractivity contribution is 0.123. The summed E-state index contributed by atoms with van der Waals surface area (Å²) in [6, 6.07) is 3.33. The van der Waals surface area contributed by atoms with Crippen LogP contribution in [0.1, 0.15) is 11.1 Å². The molecule has 4 nitrogen and oxygen atoms in total. The highest BCUT2D eigenvalue weighted by molar-refractivity contribution is 5.49. The normalized spacial score (nSPS) is 10.1. The summed E-state index contributed by atoms with van der Waals surface area (Å²) in [6.07, 6.45) is 0. The van der Waals surface area contributed by atoms with Gasteiger partial charge < -0.3 is 9.47 Å². The zero-order valence-corrected chi connectivity index (χ0v) is 8.75. The first-order valence-corrected chi connectivity index (χ1v) is 4.38. The zero-order valence-electron chi connectivity index (χ0n) is 8.75. The highest BCUT2D eigenvalue weighted by Crippen LogP contribution is 2.33. The third kappa shape index (κ3) is 2.57. The lowest BCUT2D eigenvalue weighted by atomic mass is 10.1. The van der Waals surface area contributed by atoms with E-state index in [1.165, 1.54) is 14.2 Å². The van der Waals surface area contributed by atoms with Crippen molar-refractivity contribution in [1.82, 2.24) is 0 Å². The SMILES string of the molecule is COc1cc(CON)cc(CF)c1OC. The zero-order chi connectivity index (χ0) is 11.3. The Morgan fingerprint density at radius 3 is 2.47 bits per heavy atom. The average Bonchev–Trinajstić information content (AvgIpc) is 2.28. The Balaban J connectivity index is 3.16. The lowest BCUT2D eigenvalue weighted by Gasteiger charge is -2.12. The van der Waals surface area contributed by atoms with Gasteiger partial charge in [0.05, 0.1) is 20.8 Å². The monoisotopic (exact) mass is 215 g/mol. The van der Waals surface area contributed by atoms with Crippen LogP contribution < -0.4 is 15.4 Å². The number of ether oxygens (including phenoxy) is 2. The number of nitrogens with two attached hydrogens (primary N) is 1. The van der Waals surface area contributed by atoms with Crippen LogP contribution in [0.3, 0.4) is 0 Å². The summed E-state index contributed by atoms with van der Waals surface area (Å²) in [5.41, 5.74) is 1.16. The molecule has 15 heavy (non-hydrogen) atoms. The molecular formula is C10H14FNO3.